The topological polar surface area (TPSA) is 169 Å². The van der Waals surface area contributed by atoms with Gasteiger partial charge < -0.3 is 45.4 Å². The van der Waals surface area contributed by atoms with Crippen LogP contribution >= 0.6 is 0 Å². The van der Waals surface area contributed by atoms with Crippen molar-refractivity contribution in [1.29, 1.82) is 0 Å². The SMILES string of the molecule is CCCCCCCCCCCCCC[C@@H](O)[C@@H](O)[C@H](CO[C@H]1O[C@H](CO)[C@H](O)[C@H](O)[C@H]1O)NC(=O)Cc1cccc(C)c1. The van der Waals surface area contributed by atoms with Crippen molar-refractivity contribution in [1.82, 2.24) is 5.32 Å². The Morgan fingerprint density at radius 1 is 0.907 bits per heavy atom. The van der Waals surface area contributed by atoms with Crippen LogP contribution in [0.4, 0.5) is 0 Å². The molecular formula is C33H57NO9. The van der Waals surface area contributed by atoms with Crippen LogP contribution < -0.4 is 5.32 Å². The van der Waals surface area contributed by atoms with Gasteiger partial charge in [-0.1, -0.05) is 114 Å². The van der Waals surface area contributed by atoms with Gasteiger partial charge in [0.15, 0.2) is 6.29 Å². The Balaban J connectivity index is 1.85. The van der Waals surface area contributed by atoms with Gasteiger partial charge in [-0.05, 0) is 18.9 Å². The highest BCUT2D eigenvalue weighted by Gasteiger charge is 2.44. The summed E-state index contributed by atoms with van der Waals surface area (Å²) in [6.45, 7) is 3.20. The Labute approximate surface area is 257 Å². The van der Waals surface area contributed by atoms with Gasteiger partial charge in [0.25, 0.3) is 0 Å². The van der Waals surface area contributed by atoms with Crippen LogP contribution in [0.15, 0.2) is 24.3 Å². The fraction of sp³-hybridized carbons (Fsp3) is 0.788. The maximum Gasteiger partial charge on any atom is 0.224 e. The molecule has 0 unspecified atom stereocenters. The number of unbranched alkanes of at least 4 members (excludes halogenated alkanes) is 11. The first kappa shape index (κ1) is 37.6. The Kier molecular flexibility index (Phi) is 18.5. The summed E-state index contributed by atoms with van der Waals surface area (Å²) >= 11 is 0. The van der Waals surface area contributed by atoms with Crippen LogP contribution in [0.5, 0.6) is 0 Å². The van der Waals surface area contributed by atoms with Crippen molar-refractivity contribution in [3.63, 3.8) is 0 Å². The van der Waals surface area contributed by atoms with Crippen molar-refractivity contribution in [2.45, 2.75) is 153 Å². The van der Waals surface area contributed by atoms with E-state index in [1.807, 2.05) is 31.2 Å². The summed E-state index contributed by atoms with van der Waals surface area (Å²) in [5.41, 5.74) is 1.79. The van der Waals surface area contributed by atoms with Gasteiger partial charge in [-0.2, -0.15) is 0 Å². The van der Waals surface area contributed by atoms with Crippen LogP contribution in [-0.4, -0.2) is 98.7 Å². The van der Waals surface area contributed by atoms with Gasteiger partial charge in [-0.15, -0.1) is 0 Å². The van der Waals surface area contributed by atoms with Crippen LogP contribution in [0.25, 0.3) is 0 Å². The lowest BCUT2D eigenvalue weighted by Crippen LogP contribution is -2.60. The highest BCUT2D eigenvalue weighted by atomic mass is 16.7. The van der Waals surface area contributed by atoms with Gasteiger partial charge in [-0.25, -0.2) is 0 Å². The van der Waals surface area contributed by atoms with Crippen molar-refractivity contribution in [2.75, 3.05) is 13.2 Å². The largest absolute Gasteiger partial charge is 0.394 e. The molecule has 10 nitrogen and oxygen atoms in total. The number of hydrogen-bond acceptors (Lipinski definition) is 9. The van der Waals surface area contributed by atoms with Crippen molar-refractivity contribution in [3.05, 3.63) is 35.4 Å². The highest BCUT2D eigenvalue weighted by Crippen LogP contribution is 2.23. The van der Waals surface area contributed by atoms with Crippen LogP contribution in [0.1, 0.15) is 102 Å². The summed E-state index contributed by atoms with van der Waals surface area (Å²) in [6, 6.07) is 6.44. The minimum Gasteiger partial charge on any atom is -0.394 e. The molecule has 8 atom stereocenters. The van der Waals surface area contributed by atoms with E-state index in [2.05, 4.69) is 12.2 Å². The molecule has 10 heteroatoms. The summed E-state index contributed by atoms with van der Waals surface area (Å²) in [6.07, 6.45) is 4.78. The predicted octanol–water partition coefficient (Wildman–Crippen LogP) is 2.65. The third kappa shape index (κ3) is 13.9. The lowest BCUT2D eigenvalue weighted by Gasteiger charge is -2.40. The van der Waals surface area contributed by atoms with E-state index in [9.17, 15) is 35.4 Å². The standard InChI is InChI=1S/C33H57NO9/c1-3-4-5-6-7-8-9-10-11-12-13-14-18-26(36)29(38)25(34-28(37)20-24-17-15-16-23(2)19-24)22-42-33-32(41)31(40)30(39)27(21-35)43-33/h15-17,19,25-27,29-33,35-36,38-41H,3-14,18,20-22H2,1-2H3,(H,34,37)/t25-,26+,27+,29-,30-,31-,32+,33-/m0/s1. The second kappa shape index (κ2) is 21.2. The number of rotatable bonds is 22. The first-order chi connectivity index (χ1) is 20.7. The van der Waals surface area contributed by atoms with Gasteiger partial charge in [-0.3, -0.25) is 4.79 Å². The van der Waals surface area contributed by atoms with E-state index in [0.717, 1.165) is 36.8 Å². The molecule has 248 valence electrons. The predicted molar refractivity (Wildman–Crippen MR) is 164 cm³/mol. The number of benzene rings is 1. The molecule has 1 aromatic carbocycles. The Bertz CT molecular complexity index is 886. The number of hydrogen-bond donors (Lipinski definition) is 7. The summed E-state index contributed by atoms with van der Waals surface area (Å²) in [7, 11) is 0. The van der Waals surface area contributed by atoms with Crippen molar-refractivity contribution >= 4 is 5.91 Å². The van der Waals surface area contributed by atoms with Gasteiger partial charge in [0.05, 0.1) is 31.8 Å². The maximum atomic E-state index is 12.9. The molecule has 1 saturated heterocycles. The average molecular weight is 612 g/mol. The minimum atomic E-state index is -1.62. The zero-order chi connectivity index (χ0) is 31.6. The van der Waals surface area contributed by atoms with Gasteiger partial charge >= 0.3 is 0 Å². The third-order valence-electron chi connectivity index (χ3n) is 8.24. The fourth-order valence-corrected chi connectivity index (χ4v) is 5.53. The first-order valence-electron chi connectivity index (χ1n) is 16.3. The Morgan fingerprint density at radius 3 is 2.09 bits per heavy atom. The second-order valence-corrected chi connectivity index (χ2v) is 12.1. The molecular weight excluding hydrogens is 554 g/mol. The molecule has 0 radical (unpaired) electrons. The monoisotopic (exact) mass is 611 g/mol. The van der Waals surface area contributed by atoms with Crippen molar-refractivity contribution < 1.29 is 44.9 Å². The number of carbonyl (C=O) groups is 1. The van der Waals surface area contributed by atoms with Gasteiger partial charge in [0.1, 0.15) is 30.5 Å². The number of aliphatic hydroxyl groups excluding tert-OH is 6. The number of carbonyl (C=O) groups excluding carboxylic acids is 1. The first-order valence-corrected chi connectivity index (χ1v) is 16.3. The molecule has 2 rings (SSSR count). The van der Waals surface area contributed by atoms with E-state index in [-0.39, 0.29) is 18.9 Å². The van der Waals surface area contributed by atoms with Crippen molar-refractivity contribution in [3.8, 4) is 0 Å². The van der Waals surface area contributed by atoms with Gasteiger partial charge in [0, 0.05) is 0 Å². The molecule has 1 aromatic rings. The lowest BCUT2D eigenvalue weighted by molar-refractivity contribution is -0.303. The highest BCUT2D eigenvalue weighted by molar-refractivity contribution is 5.79. The molecule has 43 heavy (non-hydrogen) atoms. The molecule has 7 N–H and O–H groups in total. The van der Waals surface area contributed by atoms with Crippen LogP contribution in [0.3, 0.4) is 0 Å². The fourth-order valence-electron chi connectivity index (χ4n) is 5.53. The van der Waals surface area contributed by atoms with Gasteiger partial charge in [0.2, 0.25) is 5.91 Å². The maximum absolute atomic E-state index is 12.9. The summed E-state index contributed by atoms with van der Waals surface area (Å²) in [4.78, 5) is 12.9. The molecule has 0 bridgehead atoms. The average Bonchev–Trinajstić information content (AvgIpc) is 2.99. The Morgan fingerprint density at radius 2 is 1.51 bits per heavy atom. The zero-order valence-electron chi connectivity index (χ0n) is 26.1. The number of amides is 1. The normalized spacial score (nSPS) is 24.4. The zero-order valence-corrected chi connectivity index (χ0v) is 26.1. The number of nitrogens with one attached hydrogen (secondary N) is 1. The third-order valence-corrected chi connectivity index (χ3v) is 8.24. The molecule has 1 aliphatic heterocycles. The summed E-state index contributed by atoms with van der Waals surface area (Å²) in [5.74, 6) is -0.385. The van der Waals surface area contributed by atoms with E-state index in [1.165, 1.54) is 51.4 Å². The van der Waals surface area contributed by atoms with E-state index in [0.29, 0.717) is 6.42 Å². The smallest absolute Gasteiger partial charge is 0.224 e. The van der Waals surface area contributed by atoms with Crippen LogP contribution in [0, 0.1) is 6.92 Å². The number of ether oxygens (including phenoxy) is 2. The van der Waals surface area contributed by atoms with E-state index < -0.39 is 55.6 Å². The summed E-state index contributed by atoms with van der Waals surface area (Å²) < 4.78 is 11.0. The van der Waals surface area contributed by atoms with Crippen molar-refractivity contribution in [2.24, 2.45) is 0 Å². The molecule has 0 spiro atoms. The lowest BCUT2D eigenvalue weighted by atomic mass is 9.98. The van der Waals surface area contributed by atoms with E-state index >= 15 is 0 Å². The molecule has 0 aromatic heterocycles. The molecule has 1 aliphatic rings. The quantitative estimate of drug-likeness (QED) is 0.0975. The molecule has 1 heterocycles. The Hall–Kier alpha value is -1.63. The van der Waals surface area contributed by atoms with E-state index in [4.69, 9.17) is 9.47 Å². The van der Waals surface area contributed by atoms with Crippen LogP contribution in [0.2, 0.25) is 0 Å². The number of aliphatic hydroxyl groups is 6. The molecule has 0 aliphatic carbocycles. The summed E-state index contributed by atoms with van der Waals surface area (Å²) in [5, 5.41) is 64.4. The van der Waals surface area contributed by atoms with E-state index in [1.54, 1.807) is 0 Å². The minimum absolute atomic E-state index is 0.0553. The molecule has 1 fully saturated rings. The van der Waals surface area contributed by atoms with Crippen LogP contribution in [-0.2, 0) is 20.7 Å². The second-order valence-electron chi connectivity index (χ2n) is 12.1. The molecule has 0 saturated carbocycles. The number of aryl methyl sites for hydroxylation is 1. The molecule has 1 amide bonds.